The molecule has 104 valence electrons. The molecule has 0 fully saturated rings. The van der Waals surface area contributed by atoms with Gasteiger partial charge < -0.3 is 4.42 Å². The molecule has 0 radical (unpaired) electrons. The number of alkyl halides is 9. The zero-order valence-corrected chi connectivity index (χ0v) is 8.65. The quantitative estimate of drug-likeness (QED) is 0.545. The van der Waals surface area contributed by atoms with Crippen molar-refractivity contribution in [2.75, 3.05) is 0 Å². The molecule has 0 saturated carbocycles. The van der Waals surface area contributed by atoms with Crippen molar-refractivity contribution in [1.29, 1.82) is 0 Å². The number of thiol groups is 1. The average Bonchev–Trinajstić information content (AvgIpc) is 2.39. The van der Waals surface area contributed by atoms with Gasteiger partial charge in [-0.1, -0.05) is 0 Å². The second kappa shape index (κ2) is 4.00. The average molecular weight is 304 g/mol. The molecule has 0 aliphatic rings. The number of hydrogen-bond acceptors (Lipinski definition) is 2. The van der Waals surface area contributed by atoms with Crippen molar-refractivity contribution in [2.45, 2.75) is 23.4 Å². The minimum atomic E-state index is -5.72. The lowest BCUT2D eigenvalue weighted by Gasteiger charge is -2.09. The van der Waals surface area contributed by atoms with Crippen molar-refractivity contribution < 1.29 is 43.9 Å². The zero-order valence-electron chi connectivity index (χ0n) is 7.76. The Morgan fingerprint density at radius 1 is 0.667 bits per heavy atom. The molecule has 0 atom stereocenters. The van der Waals surface area contributed by atoms with Gasteiger partial charge in [-0.3, -0.25) is 0 Å². The van der Waals surface area contributed by atoms with E-state index in [0.717, 1.165) is 0 Å². The summed E-state index contributed by atoms with van der Waals surface area (Å²) in [6.45, 7) is 0. The predicted molar refractivity (Wildman–Crippen MR) is 41.0 cm³/mol. The number of halogens is 9. The topological polar surface area (TPSA) is 13.1 Å². The molecule has 0 spiro atoms. The Bertz CT molecular complexity index is 449. The summed E-state index contributed by atoms with van der Waals surface area (Å²) in [5.41, 5.74) is -2.59. The van der Waals surface area contributed by atoms with E-state index in [9.17, 15) is 39.5 Å². The summed E-state index contributed by atoms with van der Waals surface area (Å²) in [6, 6.07) is 0. The van der Waals surface area contributed by atoms with Gasteiger partial charge >= 0.3 is 18.5 Å². The third-order valence-corrected chi connectivity index (χ3v) is 2.11. The highest BCUT2D eigenvalue weighted by atomic mass is 32.1. The molecule has 1 aromatic heterocycles. The van der Waals surface area contributed by atoms with Crippen LogP contribution in [0.3, 0.4) is 0 Å². The highest BCUT2D eigenvalue weighted by molar-refractivity contribution is 7.80. The molecule has 1 nitrogen and oxygen atoms in total. The Hall–Kier alpha value is -1.00. The maximum absolute atomic E-state index is 12.3. The van der Waals surface area contributed by atoms with Crippen LogP contribution in [-0.4, -0.2) is 0 Å². The molecule has 1 heterocycles. The summed E-state index contributed by atoms with van der Waals surface area (Å²) in [5.74, 6) is -5.21. The van der Waals surface area contributed by atoms with Gasteiger partial charge in [-0.15, -0.1) is 12.6 Å². The first-order chi connectivity index (χ1) is 7.76. The second-order valence-corrected chi connectivity index (χ2v) is 3.42. The maximum atomic E-state index is 12.3. The SMILES string of the molecule is FC(F)(F)c1oc(C(F)(F)F)c(C(F)(F)F)c1S. The molecule has 0 saturated heterocycles. The van der Waals surface area contributed by atoms with E-state index in [1.807, 2.05) is 0 Å². The van der Waals surface area contributed by atoms with Gasteiger partial charge in [0.2, 0.25) is 11.5 Å². The van der Waals surface area contributed by atoms with Crippen LogP contribution in [0.15, 0.2) is 9.31 Å². The third-order valence-electron chi connectivity index (χ3n) is 1.68. The summed E-state index contributed by atoms with van der Waals surface area (Å²) in [5, 5.41) is 0. The van der Waals surface area contributed by atoms with Crippen molar-refractivity contribution >= 4 is 12.6 Å². The van der Waals surface area contributed by atoms with E-state index in [0.29, 0.717) is 0 Å². The smallest absolute Gasteiger partial charge is 0.445 e. The molecule has 1 rings (SSSR count). The van der Waals surface area contributed by atoms with Crippen LogP contribution in [0.1, 0.15) is 17.1 Å². The number of furan rings is 1. The van der Waals surface area contributed by atoms with E-state index in [1.165, 1.54) is 0 Å². The van der Waals surface area contributed by atoms with E-state index < -0.39 is 40.5 Å². The molecular weight excluding hydrogens is 303 g/mol. The largest absolute Gasteiger partial charge is 0.450 e. The molecule has 0 bridgehead atoms. The van der Waals surface area contributed by atoms with Crippen LogP contribution in [0.2, 0.25) is 0 Å². The number of rotatable bonds is 0. The summed E-state index contributed by atoms with van der Waals surface area (Å²) >= 11 is 2.82. The molecule has 1 aromatic rings. The lowest BCUT2D eigenvalue weighted by molar-refractivity contribution is -0.179. The van der Waals surface area contributed by atoms with Gasteiger partial charge in [0.1, 0.15) is 5.56 Å². The molecule has 0 unspecified atom stereocenters. The Morgan fingerprint density at radius 3 is 1.28 bits per heavy atom. The van der Waals surface area contributed by atoms with Gasteiger partial charge in [-0.05, 0) is 0 Å². The Kier molecular flexibility index (Phi) is 3.35. The minimum Gasteiger partial charge on any atom is -0.445 e. The molecule has 0 aromatic carbocycles. The first-order valence-electron chi connectivity index (χ1n) is 3.83. The normalized spacial score (nSPS) is 14.1. The molecule has 11 heteroatoms. The van der Waals surface area contributed by atoms with Gasteiger partial charge in [-0.25, -0.2) is 0 Å². The summed E-state index contributed by atoms with van der Waals surface area (Å²) in [7, 11) is 0. The first kappa shape index (κ1) is 15.1. The maximum Gasteiger partial charge on any atom is 0.450 e. The first-order valence-corrected chi connectivity index (χ1v) is 4.28. The molecule has 0 aliphatic heterocycles. The summed E-state index contributed by atoms with van der Waals surface area (Å²) < 4.78 is 113. The van der Waals surface area contributed by atoms with Crippen LogP contribution in [0.25, 0.3) is 0 Å². The fraction of sp³-hybridized carbons (Fsp3) is 0.429. The Labute approximate surface area is 98.0 Å². The van der Waals surface area contributed by atoms with Crippen molar-refractivity contribution in [2.24, 2.45) is 0 Å². The Morgan fingerprint density at radius 2 is 1.06 bits per heavy atom. The van der Waals surface area contributed by atoms with Crippen LogP contribution in [0.4, 0.5) is 39.5 Å². The van der Waals surface area contributed by atoms with Gasteiger partial charge in [0.25, 0.3) is 0 Å². The highest BCUT2D eigenvalue weighted by Crippen LogP contribution is 2.49. The monoisotopic (exact) mass is 304 g/mol. The molecule has 18 heavy (non-hydrogen) atoms. The van der Waals surface area contributed by atoms with Crippen molar-refractivity contribution in [3.8, 4) is 0 Å². The van der Waals surface area contributed by atoms with E-state index >= 15 is 0 Å². The fourth-order valence-electron chi connectivity index (χ4n) is 1.08. The van der Waals surface area contributed by atoms with E-state index in [4.69, 9.17) is 0 Å². The highest BCUT2D eigenvalue weighted by Gasteiger charge is 2.53. The minimum absolute atomic E-state index is 1.94. The standard InChI is InChI=1S/C7HF9OS/c8-5(9,10)1-2(18)4(7(14,15)16)17-3(1)6(11,12)13/h18H. The summed E-state index contributed by atoms with van der Waals surface area (Å²) in [6.07, 6.45) is -16.9. The number of hydrogen-bond donors (Lipinski definition) is 1. The molecule has 0 N–H and O–H groups in total. The third kappa shape index (κ3) is 2.70. The van der Waals surface area contributed by atoms with Crippen LogP contribution >= 0.6 is 12.6 Å². The van der Waals surface area contributed by atoms with Crippen LogP contribution in [0.5, 0.6) is 0 Å². The van der Waals surface area contributed by atoms with Gasteiger partial charge in [0, 0.05) is 0 Å². The molecular formula is C7HF9OS. The lowest BCUT2D eigenvalue weighted by atomic mass is 10.2. The lowest BCUT2D eigenvalue weighted by Crippen LogP contribution is -2.14. The van der Waals surface area contributed by atoms with Crippen molar-refractivity contribution in [1.82, 2.24) is 0 Å². The zero-order chi connectivity index (χ0) is 14.5. The van der Waals surface area contributed by atoms with Crippen LogP contribution in [0, 0.1) is 0 Å². The Balaban J connectivity index is 3.63. The van der Waals surface area contributed by atoms with Crippen LogP contribution < -0.4 is 0 Å². The van der Waals surface area contributed by atoms with Crippen molar-refractivity contribution in [3.05, 3.63) is 17.1 Å². The predicted octanol–water partition coefficient (Wildman–Crippen LogP) is 4.62. The summed E-state index contributed by atoms with van der Waals surface area (Å²) in [4.78, 5) is -1.94. The van der Waals surface area contributed by atoms with E-state index in [-0.39, 0.29) is 0 Å². The van der Waals surface area contributed by atoms with E-state index in [1.54, 1.807) is 0 Å². The van der Waals surface area contributed by atoms with Gasteiger partial charge in [0.15, 0.2) is 0 Å². The molecule has 0 amide bonds. The molecule has 0 aliphatic carbocycles. The second-order valence-electron chi connectivity index (χ2n) is 2.98. The van der Waals surface area contributed by atoms with Gasteiger partial charge in [-0.2, -0.15) is 39.5 Å². The van der Waals surface area contributed by atoms with Crippen LogP contribution in [-0.2, 0) is 18.5 Å². The van der Waals surface area contributed by atoms with Crippen molar-refractivity contribution in [3.63, 3.8) is 0 Å². The van der Waals surface area contributed by atoms with Gasteiger partial charge in [0.05, 0.1) is 4.90 Å². The fourth-order valence-corrected chi connectivity index (χ4v) is 1.48. The van der Waals surface area contributed by atoms with E-state index in [2.05, 4.69) is 17.0 Å².